The first kappa shape index (κ1) is 20.8. The lowest BCUT2D eigenvalue weighted by Gasteiger charge is -2.25. The van der Waals surface area contributed by atoms with Crippen LogP contribution < -0.4 is 10.2 Å². The molecule has 2 fully saturated rings. The van der Waals surface area contributed by atoms with Crippen molar-refractivity contribution in [2.45, 2.75) is 43.9 Å². The van der Waals surface area contributed by atoms with Gasteiger partial charge in [0.05, 0.1) is 11.4 Å². The van der Waals surface area contributed by atoms with Gasteiger partial charge in [0.2, 0.25) is 11.8 Å². The first-order chi connectivity index (χ1) is 14.5. The van der Waals surface area contributed by atoms with E-state index < -0.39 is 17.0 Å². The van der Waals surface area contributed by atoms with E-state index in [1.807, 2.05) is 6.07 Å². The number of halogens is 2. The molecule has 2 amide bonds. The summed E-state index contributed by atoms with van der Waals surface area (Å²) < 4.78 is 28.0. The molecule has 7 heteroatoms. The van der Waals surface area contributed by atoms with Gasteiger partial charge in [-0.25, -0.2) is 8.78 Å². The molecule has 2 aromatic carbocycles. The Morgan fingerprint density at radius 3 is 2.73 bits per heavy atom. The van der Waals surface area contributed by atoms with Crippen LogP contribution in [-0.4, -0.2) is 17.6 Å². The van der Waals surface area contributed by atoms with Gasteiger partial charge in [0.15, 0.2) is 0 Å². The highest BCUT2D eigenvalue weighted by Crippen LogP contribution is 2.43. The minimum atomic E-state index is -0.645. The Bertz CT molecular complexity index is 947. The zero-order chi connectivity index (χ0) is 21.1. The zero-order valence-corrected chi connectivity index (χ0v) is 17.4. The number of rotatable bonds is 6. The summed E-state index contributed by atoms with van der Waals surface area (Å²) in [5.74, 6) is -0.717. The smallest absolute Gasteiger partial charge is 0.238 e. The fraction of sp³-hybridized carbons (Fsp3) is 0.391. The summed E-state index contributed by atoms with van der Waals surface area (Å²) in [7, 11) is 0. The van der Waals surface area contributed by atoms with Crippen molar-refractivity contribution < 1.29 is 18.4 Å². The Kier molecular flexibility index (Phi) is 6.37. The minimum absolute atomic E-state index is 0.0257. The lowest BCUT2D eigenvalue weighted by Crippen LogP contribution is -2.28. The second-order valence-corrected chi connectivity index (χ2v) is 8.95. The highest BCUT2D eigenvalue weighted by Gasteiger charge is 2.35. The maximum Gasteiger partial charge on any atom is 0.238 e. The van der Waals surface area contributed by atoms with Gasteiger partial charge < -0.3 is 5.32 Å². The lowest BCUT2D eigenvalue weighted by molar-refractivity contribution is -0.117. The number of nitrogens with one attached hydrogen (secondary N) is 1. The van der Waals surface area contributed by atoms with Gasteiger partial charge in [-0.15, -0.1) is 11.8 Å². The Hall–Kier alpha value is -2.41. The molecule has 1 saturated carbocycles. The minimum Gasteiger partial charge on any atom is -0.326 e. The second-order valence-electron chi connectivity index (χ2n) is 7.89. The molecule has 1 atom stereocenters. The number of hydrogen-bond acceptors (Lipinski definition) is 3. The molecular formula is C23H24F2N2O2S. The standard InChI is InChI=1S/C23H24F2N2O2S/c24-17-9-10-19(25)20(13-17)27-22(29)14-30-23(27)16-6-3-7-18(12-16)26-21(28)11-8-15-4-1-2-5-15/h3,6-7,9-10,12-13,15,23H,1-2,4-5,8,11,14H2,(H,26,28). The first-order valence-corrected chi connectivity index (χ1v) is 11.3. The molecule has 2 aromatic rings. The van der Waals surface area contributed by atoms with Crippen molar-refractivity contribution in [1.82, 2.24) is 0 Å². The predicted molar refractivity (Wildman–Crippen MR) is 115 cm³/mol. The summed E-state index contributed by atoms with van der Waals surface area (Å²) >= 11 is 1.35. The van der Waals surface area contributed by atoms with Crippen LogP contribution in [0.1, 0.15) is 49.5 Å². The largest absolute Gasteiger partial charge is 0.326 e. The van der Waals surface area contributed by atoms with E-state index >= 15 is 0 Å². The third-order valence-corrected chi connectivity index (χ3v) is 6.96. The molecule has 1 unspecified atom stereocenters. The zero-order valence-electron chi connectivity index (χ0n) is 16.6. The molecule has 2 aliphatic rings. The van der Waals surface area contributed by atoms with Gasteiger partial charge in [-0.3, -0.25) is 14.5 Å². The summed E-state index contributed by atoms with van der Waals surface area (Å²) in [6.45, 7) is 0. The predicted octanol–water partition coefficient (Wildman–Crippen LogP) is 5.65. The fourth-order valence-corrected chi connectivity index (χ4v) is 5.39. The third kappa shape index (κ3) is 4.67. The van der Waals surface area contributed by atoms with Crippen LogP contribution in [0, 0.1) is 17.6 Å². The van der Waals surface area contributed by atoms with Crippen LogP contribution >= 0.6 is 11.8 Å². The van der Waals surface area contributed by atoms with E-state index in [9.17, 15) is 18.4 Å². The molecule has 1 heterocycles. The SMILES string of the molecule is O=C(CCC1CCCC1)Nc1cccc(C2SCC(=O)N2c2cc(F)ccc2F)c1. The van der Waals surface area contributed by atoms with Crippen molar-refractivity contribution in [3.8, 4) is 0 Å². The van der Waals surface area contributed by atoms with Crippen molar-refractivity contribution >= 4 is 35.0 Å². The van der Waals surface area contributed by atoms with E-state index in [0.717, 1.165) is 30.2 Å². The van der Waals surface area contributed by atoms with Gasteiger partial charge in [0.25, 0.3) is 0 Å². The first-order valence-electron chi connectivity index (χ1n) is 10.3. The van der Waals surface area contributed by atoms with E-state index in [4.69, 9.17) is 0 Å². The Morgan fingerprint density at radius 2 is 1.93 bits per heavy atom. The van der Waals surface area contributed by atoms with Crippen molar-refractivity contribution in [2.24, 2.45) is 5.92 Å². The summed E-state index contributed by atoms with van der Waals surface area (Å²) in [5.41, 5.74) is 1.33. The number of carbonyl (C=O) groups excluding carboxylic acids is 2. The number of nitrogens with zero attached hydrogens (tertiary/aromatic N) is 1. The molecule has 0 aromatic heterocycles. The number of amides is 2. The molecule has 0 spiro atoms. The molecule has 0 radical (unpaired) electrons. The van der Waals surface area contributed by atoms with E-state index in [1.54, 1.807) is 18.2 Å². The molecule has 1 saturated heterocycles. The molecule has 4 nitrogen and oxygen atoms in total. The van der Waals surface area contributed by atoms with Gasteiger partial charge in [-0.2, -0.15) is 0 Å². The van der Waals surface area contributed by atoms with Gasteiger partial charge in [-0.05, 0) is 42.2 Å². The van der Waals surface area contributed by atoms with Crippen molar-refractivity contribution in [1.29, 1.82) is 0 Å². The average molecular weight is 431 g/mol. The molecule has 0 bridgehead atoms. The van der Waals surface area contributed by atoms with Gasteiger partial charge in [0.1, 0.15) is 17.0 Å². The molecule has 4 rings (SSSR count). The Labute approximate surface area is 179 Å². The van der Waals surface area contributed by atoms with Gasteiger partial charge in [-0.1, -0.05) is 37.8 Å². The van der Waals surface area contributed by atoms with E-state index in [0.29, 0.717) is 18.0 Å². The van der Waals surface area contributed by atoms with Gasteiger partial charge in [0, 0.05) is 18.2 Å². The molecule has 30 heavy (non-hydrogen) atoms. The summed E-state index contributed by atoms with van der Waals surface area (Å²) in [6.07, 6.45) is 6.34. The van der Waals surface area contributed by atoms with E-state index in [2.05, 4.69) is 5.32 Å². The molecule has 1 aliphatic heterocycles. The monoisotopic (exact) mass is 430 g/mol. The van der Waals surface area contributed by atoms with Crippen LogP contribution in [0.2, 0.25) is 0 Å². The normalized spacial score (nSPS) is 19.5. The number of hydrogen-bond donors (Lipinski definition) is 1. The van der Waals surface area contributed by atoms with Crippen LogP contribution in [0.15, 0.2) is 42.5 Å². The number of carbonyl (C=O) groups is 2. The quantitative estimate of drug-likeness (QED) is 0.644. The second kappa shape index (κ2) is 9.16. The topological polar surface area (TPSA) is 49.4 Å². The summed E-state index contributed by atoms with van der Waals surface area (Å²) in [5, 5.41) is 2.45. The van der Waals surface area contributed by atoms with Crippen LogP contribution in [0.5, 0.6) is 0 Å². The number of benzene rings is 2. The lowest BCUT2D eigenvalue weighted by atomic mass is 10.0. The third-order valence-electron chi connectivity index (χ3n) is 5.75. The highest BCUT2D eigenvalue weighted by molar-refractivity contribution is 8.00. The van der Waals surface area contributed by atoms with E-state index in [1.165, 1.54) is 42.3 Å². The van der Waals surface area contributed by atoms with Crippen molar-refractivity contribution in [3.63, 3.8) is 0 Å². The molecule has 1 aliphatic carbocycles. The van der Waals surface area contributed by atoms with E-state index in [-0.39, 0.29) is 23.3 Å². The van der Waals surface area contributed by atoms with Crippen molar-refractivity contribution in [2.75, 3.05) is 16.0 Å². The van der Waals surface area contributed by atoms with Crippen LogP contribution in [0.4, 0.5) is 20.2 Å². The van der Waals surface area contributed by atoms with Crippen LogP contribution in [-0.2, 0) is 9.59 Å². The average Bonchev–Trinajstić information content (AvgIpc) is 3.38. The molecule has 158 valence electrons. The maximum absolute atomic E-state index is 14.3. The Morgan fingerprint density at radius 1 is 1.13 bits per heavy atom. The molecule has 1 N–H and O–H groups in total. The maximum atomic E-state index is 14.3. The van der Waals surface area contributed by atoms with Crippen LogP contribution in [0.3, 0.4) is 0 Å². The van der Waals surface area contributed by atoms with Gasteiger partial charge >= 0.3 is 0 Å². The summed E-state index contributed by atoms with van der Waals surface area (Å²) in [6, 6.07) is 10.3. The fourth-order valence-electron chi connectivity index (χ4n) is 4.23. The highest BCUT2D eigenvalue weighted by atomic mass is 32.2. The Balaban J connectivity index is 1.48. The summed E-state index contributed by atoms with van der Waals surface area (Å²) in [4.78, 5) is 26.1. The number of anilines is 2. The number of thioether (sulfide) groups is 1. The van der Waals surface area contributed by atoms with Crippen LogP contribution in [0.25, 0.3) is 0 Å². The van der Waals surface area contributed by atoms with Crippen molar-refractivity contribution in [3.05, 3.63) is 59.7 Å². The molecular weight excluding hydrogens is 406 g/mol.